The summed E-state index contributed by atoms with van der Waals surface area (Å²) in [4.78, 5) is 44.2. The summed E-state index contributed by atoms with van der Waals surface area (Å²) >= 11 is 6.73. The van der Waals surface area contributed by atoms with Gasteiger partial charge in [-0.25, -0.2) is 5.01 Å². The van der Waals surface area contributed by atoms with E-state index < -0.39 is 0 Å². The van der Waals surface area contributed by atoms with Crippen LogP contribution in [0, 0.1) is 11.3 Å². The van der Waals surface area contributed by atoms with E-state index in [9.17, 15) is 14.9 Å². The number of piperazine rings is 1. The molecule has 7 rings (SSSR count). The molecule has 4 aliphatic rings. The van der Waals surface area contributed by atoms with Gasteiger partial charge in [0, 0.05) is 81.1 Å². The summed E-state index contributed by atoms with van der Waals surface area (Å²) in [5.74, 6) is 0.551. The van der Waals surface area contributed by atoms with E-state index in [4.69, 9.17) is 26.3 Å². The van der Waals surface area contributed by atoms with Gasteiger partial charge < -0.3 is 24.3 Å². The summed E-state index contributed by atoms with van der Waals surface area (Å²) < 4.78 is 6.33. The van der Waals surface area contributed by atoms with Gasteiger partial charge in [0.05, 0.1) is 35.8 Å². The van der Waals surface area contributed by atoms with Crippen molar-refractivity contribution < 1.29 is 14.3 Å². The maximum absolute atomic E-state index is 13.4. The molecule has 0 N–H and O–H groups in total. The van der Waals surface area contributed by atoms with Gasteiger partial charge in [0.2, 0.25) is 11.8 Å². The van der Waals surface area contributed by atoms with E-state index in [-0.39, 0.29) is 24.3 Å². The predicted molar refractivity (Wildman–Crippen MR) is 188 cm³/mol. The molecule has 3 aromatic rings. The lowest BCUT2D eigenvalue weighted by molar-refractivity contribution is -0.132. The maximum Gasteiger partial charge on any atom is 0.318 e. The molecule has 256 valence electrons. The number of hydrazine groups is 1. The lowest BCUT2D eigenvalue weighted by atomic mass is 10.0. The van der Waals surface area contributed by atoms with E-state index in [1.54, 1.807) is 9.91 Å². The molecule has 5 heterocycles. The van der Waals surface area contributed by atoms with Crippen LogP contribution in [0.25, 0.3) is 10.8 Å². The summed E-state index contributed by atoms with van der Waals surface area (Å²) in [6.07, 6.45) is 6.52. The van der Waals surface area contributed by atoms with Gasteiger partial charge in [0.15, 0.2) is 0 Å². The Morgan fingerprint density at radius 2 is 1.88 bits per heavy atom. The molecular formula is C36H42ClN9O3. The van der Waals surface area contributed by atoms with Crippen molar-refractivity contribution in [2.24, 2.45) is 0 Å². The summed E-state index contributed by atoms with van der Waals surface area (Å²) in [6.45, 7) is 4.93. The van der Waals surface area contributed by atoms with Crippen molar-refractivity contribution in [3.8, 4) is 12.1 Å². The molecule has 0 saturated carbocycles. The van der Waals surface area contributed by atoms with Gasteiger partial charge in [-0.15, -0.1) is 0 Å². The molecule has 3 fully saturated rings. The Balaban J connectivity index is 1.16. The average molecular weight is 684 g/mol. The minimum atomic E-state index is -0.344. The number of likely N-dealkylation sites (tertiary alicyclic amines) is 1. The number of benzene rings is 2. The fraction of sp³-hybridized carbons (Fsp3) is 0.472. The number of halogens is 1. The van der Waals surface area contributed by atoms with Crippen molar-refractivity contribution >= 4 is 45.7 Å². The molecule has 0 aliphatic carbocycles. The fourth-order valence-corrected chi connectivity index (χ4v) is 7.81. The van der Waals surface area contributed by atoms with Crippen molar-refractivity contribution in [1.82, 2.24) is 29.8 Å². The number of aromatic nitrogens is 2. The molecule has 0 spiro atoms. The van der Waals surface area contributed by atoms with Crippen LogP contribution in [0.1, 0.15) is 36.9 Å². The maximum atomic E-state index is 13.4. The number of carbonyl (C=O) groups excluding carboxylic acids is 2. The Hall–Kier alpha value is -4.44. The van der Waals surface area contributed by atoms with Crippen LogP contribution >= 0.6 is 11.6 Å². The Labute approximate surface area is 292 Å². The third kappa shape index (κ3) is 6.75. The van der Waals surface area contributed by atoms with Crippen molar-refractivity contribution in [1.29, 1.82) is 5.26 Å². The van der Waals surface area contributed by atoms with E-state index >= 15 is 0 Å². The highest BCUT2D eigenvalue weighted by Crippen LogP contribution is 2.37. The summed E-state index contributed by atoms with van der Waals surface area (Å²) in [7, 11) is 3.94. The minimum absolute atomic E-state index is 0.0433. The second-order valence-corrected chi connectivity index (χ2v) is 13.7. The highest BCUT2D eigenvalue weighted by molar-refractivity contribution is 6.36. The first-order chi connectivity index (χ1) is 23.8. The van der Waals surface area contributed by atoms with E-state index in [1.807, 2.05) is 19.2 Å². The number of nitriles is 1. The third-order valence-corrected chi connectivity index (χ3v) is 10.6. The van der Waals surface area contributed by atoms with Crippen molar-refractivity contribution in [3.63, 3.8) is 0 Å². The predicted octanol–water partition coefficient (Wildman–Crippen LogP) is 3.84. The molecule has 2 atom stereocenters. The van der Waals surface area contributed by atoms with Crippen LogP contribution in [0.4, 0.5) is 11.5 Å². The number of rotatable bonds is 8. The largest absolute Gasteiger partial charge is 0.462 e. The van der Waals surface area contributed by atoms with Crippen LogP contribution in [0.15, 0.2) is 48.7 Å². The minimum Gasteiger partial charge on any atom is -0.462 e. The number of nitrogens with zero attached hydrogens (tertiary/aromatic N) is 9. The van der Waals surface area contributed by atoms with Crippen molar-refractivity contribution in [2.75, 3.05) is 69.8 Å². The summed E-state index contributed by atoms with van der Waals surface area (Å²) in [5, 5.41) is 15.9. The first kappa shape index (κ1) is 33.1. The van der Waals surface area contributed by atoms with Gasteiger partial charge in [-0.1, -0.05) is 35.9 Å². The lowest BCUT2D eigenvalue weighted by Crippen LogP contribution is -2.55. The Bertz CT molecular complexity index is 1810. The molecule has 2 aromatic carbocycles. The van der Waals surface area contributed by atoms with Gasteiger partial charge in [0.1, 0.15) is 12.4 Å². The van der Waals surface area contributed by atoms with Gasteiger partial charge in [-0.2, -0.15) is 15.2 Å². The molecule has 49 heavy (non-hydrogen) atoms. The number of ether oxygens (including phenoxy) is 1. The van der Waals surface area contributed by atoms with Crippen LogP contribution in [0.3, 0.4) is 0 Å². The number of fused-ring (bicyclic) bond motifs is 2. The van der Waals surface area contributed by atoms with Crippen molar-refractivity contribution in [2.45, 2.75) is 50.7 Å². The average Bonchev–Trinajstić information content (AvgIpc) is 3.67. The topological polar surface area (TPSA) is 112 Å². The van der Waals surface area contributed by atoms with Gasteiger partial charge in [-0.3, -0.25) is 14.6 Å². The first-order valence-electron chi connectivity index (χ1n) is 17.1. The normalized spacial score (nSPS) is 22.0. The molecule has 3 saturated heterocycles. The summed E-state index contributed by atoms with van der Waals surface area (Å²) in [5.41, 5.74) is 3.05. The summed E-state index contributed by atoms with van der Waals surface area (Å²) in [6, 6.07) is 14.8. The highest BCUT2D eigenvalue weighted by atomic mass is 35.5. The molecule has 0 unspecified atom stereocenters. The number of hydrogen-bond donors (Lipinski definition) is 0. The quantitative estimate of drug-likeness (QED) is 0.325. The van der Waals surface area contributed by atoms with Gasteiger partial charge in [0.25, 0.3) is 0 Å². The number of carbonyl (C=O) groups is 2. The fourth-order valence-electron chi connectivity index (χ4n) is 7.54. The smallest absolute Gasteiger partial charge is 0.318 e. The van der Waals surface area contributed by atoms with Crippen molar-refractivity contribution in [3.05, 3.63) is 65.0 Å². The number of anilines is 2. The highest BCUT2D eigenvalue weighted by Gasteiger charge is 2.34. The molecule has 12 nitrogen and oxygen atoms in total. The lowest BCUT2D eigenvalue weighted by Gasteiger charge is -2.42. The molecule has 2 amide bonds. The number of hydrogen-bond acceptors (Lipinski definition) is 10. The zero-order chi connectivity index (χ0) is 34.1. The molecular weight excluding hydrogens is 642 g/mol. The van der Waals surface area contributed by atoms with Gasteiger partial charge in [-0.05, 0) is 50.4 Å². The molecule has 0 radical (unpaired) electrons. The van der Waals surface area contributed by atoms with E-state index in [0.717, 1.165) is 70.9 Å². The van der Waals surface area contributed by atoms with Crippen LogP contribution < -0.4 is 14.5 Å². The Kier molecular flexibility index (Phi) is 9.58. The van der Waals surface area contributed by atoms with E-state index in [2.05, 4.69) is 52.1 Å². The van der Waals surface area contributed by atoms with E-state index in [0.29, 0.717) is 57.8 Å². The zero-order valence-electron chi connectivity index (χ0n) is 28.1. The molecule has 1 aromatic heterocycles. The SMILES string of the molecule is CN1CCC[C@H]1COc1nc2c(c(N3CCN(C(=O)/C=C/N4C(=O)CCN4C)[C@@H](CC#N)C3)n1)CCN(c1cccc3cccc(Cl)c13)C2. The van der Waals surface area contributed by atoms with Crippen LogP contribution in [0.5, 0.6) is 6.01 Å². The zero-order valence-corrected chi connectivity index (χ0v) is 28.8. The van der Waals surface area contributed by atoms with Crippen LogP contribution in [-0.4, -0.2) is 114 Å². The monoisotopic (exact) mass is 683 g/mol. The molecule has 4 aliphatic heterocycles. The third-order valence-electron chi connectivity index (χ3n) is 10.3. The van der Waals surface area contributed by atoms with Gasteiger partial charge >= 0.3 is 6.01 Å². The molecule has 0 bridgehead atoms. The second kappa shape index (κ2) is 14.2. The number of likely N-dealkylation sites (N-methyl/N-ethyl adjacent to an activating group) is 1. The Morgan fingerprint density at radius 1 is 1.04 bits per heavy atom. The second-order valence-electron chi connectivity index (χ2n) is 13.3. The van der Waals surface area contributed by atoms with Crippen LogP contribution in [-0.2, 0) is 22.6 Å². The number of amides is 2. The Morgan fingerprint density at radius 3 is 2.63 bits per heavy atom. The van der Waals surface area contributed by atoms with E-state index in [1.165, 1.54) is 17.3 Å². The standard InChI is InChI=1S/C36H42ClN9O3/c1-41-16-5-8-27(41)24-49-36-39-30-23-43(31-10-4-7-25-6-3-9-29(37)34(25)31)18-12-28(30)35(40-36)44-20-21-45(26(22-44)11-15-38)32(47)14-19-46-33(48)13-17-42(46)2/h3-4,6-7,9-10,14,19,26-27H,5,8,11-13,16-18,20-24H2,1-2H3/b19-14+/t26-,27-/m0/s1. The first-order valence-corrected chi connectivity index (χ1v) is 17.5. The van der Waals surface area contributed by atoms with Crippen LogP contribution in [0.2, 0.25) is 5.02 Å². The molecule has 13 heteroatoms.